The molecule has 3 rings (SSSR count). The molecule has 1 N–H and O–H groups in total. The highest BCUT2D eigenvalue weighted by atomic mass is 32.1. The Morgan fingerprint density at radius 3 is 2.89 bits per heavy atom. The van der Waals surface area contributed by atoms with Gasteiger partial charge in [0, 0.05) is 32.5 Å². The van der Waals surface area contributed by atoms with E-state index in [1.54, 1.807) is 18.4 Å². The van der Waals surface area contributed by atoms with Crippen molar-refractivity contribution in [2.24, 2.45) is 0 Å². The molecule has 1 aliphatic carbocycles. The number of nitrogens with zero attached hydrogens (tertiary/aromatic N) is 2. The zero-order chi connectivity index (χ0) is 19.2. The number of aliphatic hydroxyl groups is 1. The van der Waals surface area contributed by atoms with E-state index in [1.165, 1.54) is 4.88 Å². The lowest BCUT2D eigenvalue weighted by Crippen LogP contribution is -2.14. The van der Waals surface area contributed by atoms with Gasteiger partial charge in [-0.05, 0) is 43.0 Å². The molecule has 27 heavy (non-hydrogen) atoms. The lowest BCUT2D eigenvalue weighted by molar-refractivity contribution is -0.102. The van der Waals surface area contributed by atoms with Crippen LogP contribution in [-0.2, 0) is 27.2 Å². The van der Waals surface area contributed by atoms with Gasteiger partial charge in [-0.3, -0.25) is 0 Å². The van der Waals surface area contributed by atoms with Crippen LogP contribution in [-0.4, -0.2) is 51.3 Å². The number of aryl methyl sites for hydroxylation is 1. The van der Waals surface area contributed by atoms with Gasteiger partial charge in [-0.2, -0.15) is 0 Å². The first kappa shape index (κ1) is 20.2. The van der Waals surface area contributed by atoms with Crippen molar-refractivity contribution in [2.75, 3.05) is 46.1 Å². The van der Waals surface area contributed by atoms with Gasteiger partial charge in [0.05, 0.1) is 36.5 Å². The molecule has 0 saturated carbocycles. The molecule has 1 unspecified atom stereocenters. The minimum absolute atomic E-state index is 0.00543. The van der Waals surface area contributed by atoms with Crippen LogP contribution in [0.1, 0.15) is 35.1 Å². The van der Waals surface area contributed by atoms with Crippen molar-refractivity contribution in [3.63, 3.8) is 0 Å². The number of aliphatic hydroxyl groups excluding tert-OH is 1. The van der Waals surface area contributed by atoms with Crippen LogP contribution in [0, 0.1) is 0 Å². The third kappa shape index (κ3) is 4.86. The Hall–Kier alpha value is -1.51. The average molecular weight is 393 g/mol. The number of benzene rings is 1. The maximum atomic E-state index is 9.83. The van der Waals surface area contributed by atoms with E-state index in [-0.39, 0.29) is 19.5 Å². The van der Waals surface area contributed by atoms with Gasteiger partial charge in [0.15, 0.2) is 0 Å². The Morgan fingerprint density at radius 2 is 2.15 bits per heavy atom. The standard InChI is InChI=1S/C20H28N2O4S/c1-22(2)15-7-8-16(14(11-15)12-23)20-21-17-5-4-6-18(19(17)27-20)26-13-25-10-9-24-3/h7-8,11,18,23H,4-6,9-10,12-13H2,1-3H3. The van der Waals surface area contributed by atoms with Crippen molar-refractivity contribution >= 4 is 17.0 Å². The van der Waals surface area contributed by atoms with Gasteiger partial charge in [0.25, 0.3) is 0 Å². The molecule has 0 spiro atoms. The fraction of sp³-hybridized carbons (Fsp3) is 0.550. The zero-order valence-electron chi connectivity index (χ0n) is 16.2. The van der Waals surface area contributed by atoms with Crippen molar-refractivity contribution in [3.8, 4) is 10.6 Å². The molecule has 0 fully saturated rings. The second-order valence-electron chi connectivity index (χ2n) is 6.79. The SMILES string of the molecule is COCCOCOC1CCCc2nc(-c3ccc(N(C)C)cc3CO)sc21. The molecule has 0 saturated heterocycles. The minimum atomic E-state index is -0.00543. The average Bonchev–Trinajstić information content (AvgIpc) is 3.12. The van der Waals surface area contributed by atoms with Crippen LogP contribution >= 0.6 is 11.3 Å². The lowest BCUT2D eigenvalue weighted by Gasteiger charge is -2.21. The number of thiazole rings is 1. The van der Waals surface area contributed by atoms with Crippen LogP contribution in [0.4, 0.5) is 5.69 Å². The summed E-state index contributed by atoms with van der Waals surface area (Å²) in [6.07, 6.45) is 3.04. The van der Waals surface area contributed by atoms with Crippen molar-refractivity contribution in [1.82, 2.24) is 4.98 Å². The zero-order valence-corrected chi connectivity index (χ0v) is 17.1. The highest BCUT2D eigenvalue weighted by Gasteiger charge is 2.26. The molecule has 1 aromatic carbocycles. The van der Waals surface area contributed by atoms with Crippen LogP contribution in [0.3, 0.4) is 0 Å². The number of anilines is 1. The van der Waals surface area contributed by atoms with Crippen molar-refractivity contribution in [1.29, 1.82) is 0 Å². The quantitative estimate of drug-likeness (QED) is 0.521. The molecule has 1 aliphatic rings. The highest BCUT2D eigenvalue weighted by Crippen LogP contribution is 2.41. The van der Waals surface area contributed by atoms with Crippen LogP contribution < -0.4 is 4.90 Å². The van der Waals surface area contributed by atoms with Crippen LogP contribution in [0.15, 0.2) is 18.2 Å². The van der Waals surface area contributed by atoms with Crippen LogP contribution in [0.5, 0.6) is 0 Å². The van der Waals surface area contributed by atoms with Crippen molar-refractivity contribution in [3.05, 3.63) is 34.3 Å². The summed E-state index contributed by atoms with van der Waals surface area (Å²) < 4.78 is 16.4. The maximum absolute atomic E-state index is 9.83. The summed E-state index contributed by atoms with van der Waals surface area (Å²) >= 11 is 1.67. The summed E-state index contributed by atoms with van der Waals surface area (Å²) in [5, 5.41) is 10.8. The largest absolute Gasteiger partial charge is 0.392 e. The summed E-state index contributed by atoms with van der Waals surface area (Å²) in [4.78, 5) is 8.08. The third-order valence-electron chi connectivity index (χ3n) is 4.69. The Labute approximate surface area is 164 Å². The molecule has 7 heteroatoms. The molecular weight excluding hydrogens is 364 g/mol. The van der Waals surface area contributed by atoms with Gasteiger partial charge in [0.2, 0.25) is 0 Å². The molecule has 0 radical (unpaired) electrons. The molecule has 0 bridgehead atoms. The van der Waals surface area contributed by atoms with Crippen LogP contribution in [0.2, 0.25) is 0 Å². The van der Waals surface area contributed by atoms with E-state index in [0.717, 1.165) is 46.8 Å². The lowest BCUT2D eigenvalue weighted by atomic mass is 10.0. The third-order valence-corrected chi connectivity index (χ3v) is 5.91. The first-order valence-corrected chi connectivity index (χ1v) is 10.0. The van der Waals surface area contributed by atoms with Gasteiger partial charge in [-0.1, -0.05) is 0 Å². The van der Waals surface area contributed by atoms with Gasteiger partial charge >= 0.3 is 0 Å². The number of aromatic nitrogens is 1. The number of methoxy groups -OCH3 is 1. The molecule has 0 aliphatic heterocycles. The predicted molar refractivity (Wildman–Crippen MR) is 107 cm³/mol. The van der Waals surface area contributed by atoms with Crippen molar-refractivity contribution in [2.45, 2.75) is 32.0 Å². The summed E-state index contributed by atoms with van der Waals surface area (Å²) in [5.41, 5.74) is 4.08. The molecule has 2 aromatic rings. The van der Waals surface area contributed by atoms with Gasteiger partial charge < -0.3 is 24.2 Å². The molecule has 1 aromatic heterocycles. The van der Waals surface area contributed by atoms with Gasteiger partial charge in [0.1, 0.15) is 11.8 Å². The number of hydrogen-bond donors (Lipinski definition) is 1. The van der Waals surface area contributed by atoms with E-state index in [4.69, 9.17) is 19.2 Å². The Morgan fingerprint density at radius 1 is 1.30 bits per heavy atom. The fourth-order valence-corrected chi connectivity index (χ4v) is 4.44. The second-order valence-corrected chi connectivity index (χ2v) is 7.82. The van der Waals surface area contributed by atoms with E-state index < -0.39 is 0 Å². The molecule has 148 valence electrons. The van der Waals surface area contributed by atoms with E-state index in [1.807, 2.05) is 25.1 Å². The number of fused-ring (bicyclic) bond motifs is 1. The van der Waals surface area contributed by atoms with Crippen molar-refractivity contribution < 1.29 is 19.3 Å². The second kappa shape index (κ2) is 9.61. The molecule has 6 nitrogen and oxygen atoms in total. The molecule has 1 heterocycles. The summed E-state index contributed by atoms with van der Waals surface area (Å²) in [5.74, 6) is 0. The Balaban J connectivity index is 1.78. The molecule has 0 amide bonds. The van der Waals surface area contributed by atoms with E-state index in [0.29, 0.717) is 13.2 Å². The summed E-state index contributed by atoms with van der Waals surface area (Å²) in [6, 6.07) is 6.13. The monoisotopic (exact) mass is 392 g/mol. The smallest absolute Gasteiger partial charge is 0.147 e. The van der Waals surface area contributed by atoms with Gasteiger partial charge in [-0.25, -0.2) is 4.98 Å². The van der Waals surface area contributed by atoms with Gasteiger partial charge in [-0.15, -0.1) is 11.3 Å². The first-order valence-electron chi connectivity index (χ1n) is 9.23. The minimum Gasteiger partial charge on any atom is -0.392 e. The van der Waals surface area contributed by atoms with Crippen LogP contribution in [0.25, 0.3) is 10.6 Å². The number of ether oxygens (including phenoxy) is 3. The highest BCUT2D eigenvalue weighted by molar-refractivity contribution is 7.15. The summed E-state index contributed by atoms with van der Waals surface area (Å²) in [6.45, 7) is 1.35. The Bertz CT molecular complexity index is 748. The maximum Gasteiger partial charge on any atom is 0.147 e. The predicted octanol–water partition coefficient (Wildman–Crippen LogP) is 3.38. The van der Waals surface area contributed by atoms with E-state index >= 15 is 0 Å². The van der Waals surface area contributed by atoms with E-state index in [2.05, 4.69) is 12.1 Å². The molecule has 1 atom stereocenters. The number of hydrogen-bond acceptors (Lipinski definition) is 7. The topological polar surface area (TPSA) is 64.0 Å². The Kier molecular flexibility index (Phi) is 7.20. The normalized spacial score (nSPS) is 16.4. The first-order chi connectivity index (χ1) is 13.1. The summed E-state index contributed by atoms with van der Waals surface area (Å²) in [7, 11) is 5.64. The van der Waals surface area contributed by atoms with E-state index in [9.17, 15) is 5.11 Å². The molecular formula is C20H28N2O4S. The number of rotatable bonds is 9. The fourth-order valence-electron chi connectivity index (χ4n) is 3.18.